The summed E-state index contributed by atoms with van der Waals surface area (Å²) in [4.78, 5) is 9.65. The third-order valence-electron chi connectivity index (χ3n) is 12.4. The molecule has 0 N–H and O–H groups in total. The largest absolute Gasteiger partial charge is 0.456 e. The number of imidazole rings is 4. The Hall–Kier alpha value is -8.10. The highest BCUT2D eigenvalue weighted by Gasteiger charge is 2.18. The van der Waals surface area contributed by atoms with E-state index < -0.39 is 0 Å². The first-order chi connectivity index (χ1) is 31.4. The topological polar surface area (TPSA) is 62.5 Å². The number of fused-ring (bicyclic) bond motifs is 16. The molecule has 8 heteroatoms. The summed E-state index contributed by atoms with van der Waals surface area (Å²) in [6.07, 6.45) is 0. The third-order valence-corrected chi connectivity index (χ3v) is 12.4. The second-order valence-electron chi connectivity index (χ2n) is 16.2. The van der Waals surface area contributed by atoms with E-state index in [0.717, 1.165) is 66.8 Å². The van der Waals surface area contributed by atoms with E-state index in [1.807, 2.05) is 26.0 Å². The molecule has 0 aliphatic rings. The molecule has 8 nitrogen and oxygen atoms in total. The van der Waals surface area contributed by atoms with Crippen LogP contribution in [0.4, 0.5) is 0 Å². The van der Waals surface area contributed by atoms with Gasteiger partial charge in [0.25, 0.3) is 0 Å². The van der Waals surface area contributed by atoms with Gasteiger partial charge in [-0.1, -0.05) is 104 Å². The van der Waals surface area contributed by atoms with Crippen LogP contribution >= 0.6 is 0 Å². The maximum atomic E-state index is 6.07. The Balaban J connectivity index is 0.000000114. The summed E-state index contributed by atoms with van der Waals surface area (Å²) < 4.78 is 17.2. The van der Waals surface area contributed by atoms with Crippen LogP contribution in [0, 0.1) is 13.8 Å². The average Bonchev–Trinajstić information content (AvgIpc) is 4.18. The highest BCUT2D eigenvalue weighted by molar-refractivity contribution is 6.08. The minimum atomic E-state index is 0.903. The van der Waals surface area contributed by atoms with Crippen LogP contribution in [-0.4, -0.2) is 32.5 Å². The summed E-state index contributed by atoms with van der Waals surface area (Å²) >= 11 is 0. The van der Waals surface area contributed by atoms with E-state index in [1.165, 1.54) is 49.5 Å². The van der Waals surface area contributed by atoms with Crippen molar-refractivity contribution >= 4 is 99.4 Å². The average molecular weight is 834 g/mol. The molecule has 0 unspecified atom stereocenters. The fourth-order valence-electron chi connectivity index (χ4n) is 9.43. The van der Waals surface area contributed by atoms with Crippen LogP contribution in [0.2, 0.25) is 0 Å². The zero-order valence-corrected chi connectivity index (χ0v) is 36.8. The Kier molecular flexibility index (Phi) is 9.31. The number of aromatic nitrogens is 7. The van der Waals surface area contributed by atoms with Crippen molar-refractivity contribution in [2.45, 2.75) is 27.7 Å². The van der Waals surface area contributed by atoms with E-state index in [9.17, 15) is 0 Å². The van der Waals surface area contributed by atoms with E-state index in [-0.39, 0.29) is 0 Å². The second kappa shape index (κ2) is 15.4. The Morgan fingerprint density at radius 3 is 1.53 bits per heavy atom. The van der Waals surface area contributed by atoms with Gasteiger partial charge in [0.15, 0.2) is 0 Å². The molecule has 6 aromatic heterocycles. The number of hydrogen-bond acceptors (Lipinski definition) is 3. The molecule has 0 saturated heterocycles. The summed E-state index contributed by atoms with van der Waals surface area (Å²) in [7, 11) is 4.18. The molecule has 0 atom stereocenters. The maximum Gasteiger partial charge on any atom is 0.220 e. The second-order valence-corrected chi connectivity index (χ2v) is 16.2. The smallest absolute Gasteiger partial charge is 0.220 e. The van der Waals surface area contributed by atoms with E-state index in [2.05, 4.69) is 219 Å². The van der Waals surface area contributed by atoms with Gasteiger partial charge in [0.05, 0.1) is 49.8 Å². The molecule has 0 aliphatic heterocycles. The highest BCUT2D eigenvalue weighted by atomic mass is 16.3. The quantitative estimate of drug-likeness (QED) is 0.165. The van der Waals surface area contributed by atoms with Crippen molar-refractivity contribution in [1.29, 1.82) is 0 Å². The molecule has 0 radical (unpaired) electrons. The lowest BCUT2D eigenvalue weighted by Gasteiger charge is -2.05. The lowest BCUT2D eigenvalue weighted by molar-refractivity contribution is 0.669. The Labute approximate surface area is 369 Å². The lowest BCUT2D eigenvalue weighted by Crippen LogP contribution is -1.94. The van der Waals surface area contributed by atoms with Gasteiger partial charge in [0.1, 0.15) is 11.2 Å². The van der Waals surface area contributed by atoms with Gasteiger partial charge in [-0.05, 0) is 111 Å². The first-order valence-corrected chi connectivity index (χ1v) is 22.0. The molecule has 0 bridgehead atoms. The Bertz CT molecular complexity index is 4050. The molecule has 312 valence electrons. The molecule has 0 amide bonds. The van der Waals surface area contributed by atoms with Crippen molar-refractivity contribution in [3.05, 3.63) is 187 Å². The van der Waals surface area contributed by atoms with E-state index in [0.29, 0.717) is 0 Å². The number of furan rings is 1. The van der Waals surface area contributed by atoms with Crippen molar-refractivity contribution in [3.8, 4) is 5.69 Å². The van der Waals surface area contributed by atoms with Gasteiger partial charge in [0, 0.05) is 46.7 Å². The summed E-state index contributed by atoms with van der Waals surface area (Å²) in [5.74, 6) is 1.91. The van der Waals surface area contributed by atoms with Crippen LogP contribution in [0.3, 0.4) is 0 Å². The number of aryl methyl sites for hydroxylation is 4. The molecule has 64 heavy (non-hydrogen) atoms. The van der Waals surface area contributed by atoms with E-state index in [1.54, 1.807) is 0 Å². The SMILES string of the molecule is CC.Cc1ccc2c(c1)c1ccccc1n2C.Cc1ccc2oc3ccc(-n4c5ccccc5n5c6ccccc6nc45)cc3c2c1.Cn1c2ccccc2n2c3ccccc3nc12. The van der Waals surface area contributed by atoms with Crippen molar-refractivity contribution < 1.29 is 4.42 Å². The molecule has 8 aromatic carbocycles. The van der Waals surface area contributed by atoms with Crippen molar-refractivity contribution in [2.24, 2.45) is 14.1 Å². The molecule has 0 aliphatic carbocycles. The van der Waals surface area contributed by atoms with Crippen LogP contribution in [0.15, 0.2) is 180 Å². The first kappa shape index (κ1) is 38.8. The standard InChI is InChI=1S/C26H17N3O.C14H11N3.C14H13N.C2H6/c1-16-10-12-24-18(14-16)19-15-17(11-13-25(19)30-24)28-22-8-4-5-9-23(22)29-21-7-3-2-6-20(21)27-26(28)29;1-16-12-8-4-5-9-13(12)17-11-7-3-2-6-10(11)15-14(16)17;1-10-7-8-14-12(9-10)11-5-3-4-6-13(11)15(14)2;1-2/h2-15H,1H3;2-9H,1H3;3-9H,1-2H3;1-2H3. The monoisotopic (exact) mass is 833 g/mol. The molecule has 0 saturated carbocycles. The van der Waals surface area contributed by atoms with Crippen molar-refractivity contribution in [3.63, 3.8) is 0 Å². The summed E-state index contributed by atoms with van der Waals surface area (Å²) in [6.45, 7) is 8.25. The van der Waals surface area contributed by atoms with Crippen LogP contribution in [0.1, 0.15) is 25.0 Å². The van der Waals surface area contributed by atoms with Crippen molar-refractivity contribution in [1.82, 2.24) is 32.5 Å². The minimum absolute atomic E-state index is 0.903. The Morgan fingerprint density at radius 2 is 0.844 bits per heavy atom. The van der Waals surface area contributed by atoms with Gasteiger partial charge in [0.2, 0.25) is 11.6 Å². The van der Waals surface area contributed by atoms with E-state index >= 15 is 0 Å². The molecule has 0 spiro atoms. The zero-order chi connectivity index (χ0) is 43.6. The van der Waals surface area contributed by atoms with E-state index in [4.69, 9.17) is 9.40 Å². The highest BCUT2D eigenvalue weighted by Crippen LogP contribution is 2.35. The Morgan fingerprint density at radius 1 is 0.375 bits per heavy atom. The molecule has 0 fully saturated rings. The predicted molar refractivity (Wildman–Crippen MR) is 267 cm³/mol. The predicted octanol–water partition coefficient (Wildman–Crippen LogP) is 14.3. The summed E-state index contributed by atoms with van der Waals surface area (Å²) in [5.41, 5.74) is 17.1. The molecule has 6 heterocycles. The lowest BCUT2D eigenvalue weighted by atomic mass is 10.1. The van der Waals surface area contributed by atoms with Gasteiger partial charge < -0.3 is 13.6 Å². The number of rotatable bonds is 1. The number of para-hydroxylation sites is 9. The molecular formula is C56H47N7O. The van der Waals surface area contributed by atoms with Gasteiger partial charge >= 0.3 is 0 Å². The van der Waals surface area contributed by atoms with Gasteiger partial charge in [-0.25, -0.2) is 9.97 Å². The van der Waals surface area contributed by atoms with Gasteiger partial charge in [-0.15, -0.1) is 0 Å². The van der Waals surface area contributed by atoms with Crippen LogP contribution < -0.4 is 0 Å². The molecule has 14 rings (SSSR count). The fourth-order valence-corrected chi connectivity index (χ4v) is 9.43. The first-order valence-electron chi connectivity index (χ1n) is 22.0. The van der Waals surface area contributed by atoms with Crippen LogP contribution in [0.5, 0.6) is 0 Å². The normalized spacial score (nSPS) is 11.6. The number of hydrogen-bond donors (Lipinski definition) is 0. The summed E-state index contributed by atoms with van der Waals surface area (Å²) in [5, 5.41) is 4.97. The maximum absolute atomic E-state index is 6.07. The molecular weight excluding hydrogens is 787 g/mol. The fraction of sp³-hybridized carbons (Fsp3) is 0.107. The summed E-state index contributed by atoms with van der Waals surface area (Å²) in [6, 6.07) is 61.3. The van der Waals surface area contributed by atoms with Crippen LogP contribution in [0.25, 0.3) is 105 Å². The molecule has 14 aromatic rings. The van der Waals surface area contributed by atoms with Gasteiger partial charge in [-0.3, -0.25) is 13.4 Å². The van der Waals surface area contributed by atoms with Gasteiger partial charge in [-0.2, -0.15) is 0 Å². The minimum Gasteiger partial charge on any atom is -0.456 e. The third kappa shape index (κ3) is 6.05. The number of nitrogens with zero attached hydrogens (tertiary/aromatic N) is 7. The van der Waals surface area contributed by atoms with Crippen molar-refractivity contribution in [2.75, 3.05) is 0 Å². The number of benzene rings is 8. The van der Waals surface area contributed by atoms with Crippen LogP contribution in [-0.2, 0) is 14.1 Å². The zero-order valence-electron chi connectivity index (χ0n) is 36.8.